The molecule has 2 N–H and O–H groups in total. The molecule has 0 aromatic heterocycles. The zero-order valence-corrected chi connectivity index (χ0v) is 44.1. The molecule has 65 heavy (non-hydrogen) atoms. The summed E-state index contributed by atoms with van der Waals surface area (Å²) in [6.45, 7) is 6.86. The average molecular weight is 936 g/mol. The van der Waals surface area contributed by atoms with Crippen LogP contribution in [0.1, 0.15) is 239 Å². The molecule has 3 unspecified atom stereocenters. The van der Waals surface area contributed by atoms with Crippen LogP contribution in [0.15, 0.2) is 48.6 Å². The SMILES string of the molecule is CC/C=C/C=C/C=C/CCCCCCCCCC(=O)OC(/C=C/CCCCCCCCCCC)C(COP(=O)(O)OCC[N+](C)(C)C)NC(=O)CCCCCCCCCCCCCCC. The Morgan fingerprint density at radius 2 is 0.985 bits per heavy atom. The summed E-state index contributed by atoms with van der Waals surface area (Å²) < 4.78 is 30.5. The lowest BCUT2D eigenvalue weighted by Gasteiger charge is -2.27. The fourth-order valence-corrected chi connectivity index (χ4v) is 8.38. The minimum Gasteiger partial charge on any atom is -0.456 e. The van der Waals surface area contributed by atoms with E-state index in [1.165, 1.54) is 128 Å². The van der Waals surface area contributed by atoms with Gasteiger partial charge in [-0.2, -0.15) is 0 Å². The number of allylic oxidation sites excluding steroid dienone is 7. The van der Waals surface area contributed by atoms with Crippen LogP contribution in [0.5, 0.6) is 0 Å². The van der Waals surface area contributed by atoms with Gasteiger partial charge in [-0.1, -0.05) is 224 Å². The van der Waals surface area contributed by atoms with E-state index in [2.05, 4.69) is 62.5 Å². The maximum absolute atomic E-state index is 13.4. The van der Waals surface area contributed by atoms with Gasteiger partial charge in [0.2, 0.25) is 5.91 Å². The quantitative estimate of drug-likeness (QED) is 0.0156. The van der Waals surface area contributed by atoms with Gasteiger partial charge in [0.15, 0.2) is 0 Å². The lowest BCUT2D eigenvalue weighted by atomic mass is 10.0. The highest BCUT2D eigenvalue weighted by Crippen LogP contribution is 2.43. The molecule has 3 atom stereocenters. The number of phosphoric acid groups is 1. The first-order valence-corrected chi connectivity index (χ1v) is 28.5. The normalized spacial score (nSPS) is 14.3. The average Bonchev–Trinajstić information content (AvgIpc) is 3.26. The van der Waals surface area contributed by atoms with E-state index in [-0.39, 0.29) is 31.5 Å². The molecule has 0 saturated heterocycles. The fraction of sp³-hybridized carbons (Fsp3) is 0.818. The van der Waals surface area contributed by atoms with E-state index in [4.69, 9.17) is 13.8 Å². The molecule has 380 valence electrons. The van der Waals surface area contributed by atoms with Crippen molar-refractivity contribution in [1.29, 1.82) is 0 Å². The largest absolute Gasteiger partial charge is 0.472 e. The van der Waals surface area contributed by atoms with Crippen molar-refractivity contribution in [2.24, 2.45) is 0 Å². The van der Waals surface area contributed by atoms with Gasteiger partial charge in [0, 0.05) is 12.8 Å². The summed E-state index contributed by atoms with van der Waals surface area (Å²) in [4.78, 5) is 37.4. The maximum Gasteiger partial charge on any atom is 0.472 e. The number of esters is 1. The van der Waals surface area contributed by atoms with E-state index in [1.807, 2.05) is 33.3 Å². The number of phosphoric ester groups is 1. The minimum atomic E-state index is -4.44. The summed E-state index contributed by atoms with van der Waals surface area (Å²) in [6, 6.07) is -0.848. The van der Waals surface area contributed by atoms with Gasteiger partial charge in [-0.15, -0.1) is 0 Å². The summed E-state index contributed by atoms with van der Waals surface area (Å²) >= 11 is 0. The van der Waals surface area contributed by atoms with Crippen LogP contribution in [0.3, 0.4) is 0 Å². The first-order valence-electron chi connectivity index (χ1n) is 27.0. The van der Waals surface area contributed by atoms with Gasteiger partial charge < -0.3 is 19.4 Å². The van der Waals surface area contributed by atoms with Crippen LogP contribution in [-0.2, 0) is 27.9 Å². The number of nitrogens with zero attached hydrogens (tertiary/aromatic N) is 1. The highest BCUT2D eigenvalue weighted by Gasteiger charge is 2.30. The first-order chi connectivity index (χ1) is 31.4. The van der Waals surface area contributed by atoms with Crippen LogP contribution in [0, 0.1) is 0 Å². The van der Waals surface area contributed by atoms with Crippen molar-refractivity contribution in [2.75, 3.05) is 40.9 Å². The summed E-state index contributed by atoms with van der Waals surface area (Å²) in [5.41, 5.74) is 0. The van der Waals surface area contributed by atoms with Gasteiger partial charge >= 0.3 is 13.8 Å². The lowest BCUT2D eigenvalue weighted by Crippen LogP contribution is -2.47. The first kappa shape index (κ1) is 63.0. The van der Waals surface area contributed by atoms with E-state index < -0.39 is 20.0 Å². The molecular formula is C55H104N2O7P+. The minimum absolute atomic E-state index is 0.0387. The molecule has 0 aliphatic carbocycles. The van der Waals surface area contributed by atoms with Crippen LogP contribution < -0.4 is 5.32 Å². The van der Waals surface area contributed by atoms with Gasteiger partial charge in [-0.3, -0.25) is 18.6 Å². The predicted molar refractivity (Wildman–Crippen MR) is 277 cm³/mol. The second-order valence-corrected chi connectivity index (χ2v) is 20.9. The molecule has 0 spiro atoms. The van der Waals surface area contributed by atoms with Crippen molar-refractivity contribution < 1.29 is 37.3 Å². The Morgan fingerprint density at radius 3 is 1.46 bits per heavy atom. The van der Waals surface area contributed by atoms with Gasteiger partial charge in [0.25, 0.3) is 0 Å². The number of carbonyl (C=O) groups is 2. The van der Waals surface area contributed by atoms with Gasteiger partial charge in [0.1, 0.15) is 19.3 Å². The maximum atomic E-state index is 13.4. The van der Waals surface area contributed by atoms with E-state index in [0.717, 1.165) is 77.0 Å². The van der Waals surface area contributed by atoms with E-state index >= 15 is 0 Å². The Bertz CT molecular complexity index is 1260. The summed E-state index contributed by atoms with van der Waals surface area (Å²) in [5.74, 6) is -0.516. The fourth-order valence-electron chi connectivity index (χ4n) is 7.65. The highest BCUT2D eigenvalue weighted by atomic mass is 31.2. The number of rotatable bonds is 48. The third kappa shape index (κ3) is 46.9. The van der Waals surface area contributed by atoms with Crippen LogP contribution >= 0.6 is 7.82 Å². The summed E-state index contributed by atoms with van der Waals surface area (Å²) in [6.07, 6.45) is 53.8. The summed E-state index contributed by atoms with van der Waals surface area (Å²) in [5, 5.41) is 3.04. The monoisotopic (exact) mass is 936 g/mol. The zero-order valence-electron chi connectivity index (χ0n) is 43.2. The number of hydrogen-bond acceptors (Lipinski definition) is 6. The van der Waals surface area contributed by atoms with Gasteiger partial charge in [-0.25, -0.2) is 4.57 Å². The van der Waals surface area contributed by atoms with Crippen molar-refractivity contribution in [2.45, 2.75) is 251 Å². The van der Waals surface area contributed by atoms with Crippen molar-refractivity contribution in [1.82, 2.24) is 5.32 Å². The molecule has 0 aliphatic rings. The second-order valence-electron chi connectivity index (χ2n) is 19.4. The molecule has 1 amide bonds. The van der Waals surface area contributed by atoms with Crippen molar-refractivity contribution >= 4 is 19.7 Å². The Morgan fingerprint density at radius 1 is 0.554 bits per heavy atom. The molecule has 10 heteroatoms. The molecule has 0 aromatic rings. The standard InChI is InChI=1S/C55H103N2O7P/c1-7-10-13-16-19-22-25-27-28-30-33-36-39-42-45-48-55(59)64-53(46-43-40-37-34-31-24-21-18-15-12-9-3)52(51-63-65(60,61)62-50-49-57(4,5)6)56-54(58)47-44-41-38-35-32-29-26-23-20-17-14-11-8-2/h10,13,16,19,22,25,43,46,52-53H,7-9,11-12,14-15,17-18,20-21,23-24,26-42,44-45,47-51H2,1-6H3,(H-,56,58,60,61)/p+1/b13-10+,19-16+,25-22+,46-43+. The van der Waals surface area contributed by atoms with Gasteiger partial charge in [-0.05, 0) is 51.0 Å². The molecule has 0 rings (SSSR count). The molecule has 0 saturated carbocycles. The van der Waals surface area contributed by atoms with Crippen molar-refractivity contribution in [3.05, 3.63) is 48.6 Å². The Balaban J connectivity index is 5.38. The third-order valence-corrected chi connectivity index (χ3v) is 12.8. The van der Waals surface area contributed by atoms with Crippen LogP contribution in [0.25, 0.3) is 0 Å². The molecule has 0 fully saturated rings. The Kier molecular flexibility index (Phi) is 44.3. The topological polar surface area (TPSA) is 111 Å². The number of quaternary nitrogens is 1. The molecule has 0 radical (unpaired) electrons. The smallest absolute Gasteiger partial charge is 0.456 e. The number of carbonyl (C=O) groups excluding carboxylic acids is 2. The molecule has 0 aromatic carbocycles. The third-order valence-electron chi connectivity index (χ3n) is 11.8. The second kappa shape index (κ2) is 45.7. The number of hydrogen-bond donors (Lipinski definition) is 2. The van der Waals surface area contributed by atoms with E-state index in [0.29, 0.717) is 17.4 Å². The van der Waals surface area contributed by atoms with Crippen molar-refractivity contribution in [3.63, 3.8) is 0 Å². The molecule has 0 bridgehead atoms. The summed E-state index contributed by atoms with van der Waals surface area (Å²) in [7, 11) is 1.49. The number of likely N-dealkylation sites (N-methyl/N-ethyl adjacent to an activating group) is 1. The molecule has 0 aliphatic heterocycles. The van der Waals surface area contributed by atoms with E-state index in [9.17, 15) is 19.0 Å². The molecule has 0 heterocycles. The molecular weight excluding hydrogens is 832 g/mol. The highest BCUT2D eigenvalue weighted by molar-refractivity contribution is 7.47. The predicted octanol–water partition coefficient (Wildman–Crippen LogP) is 15.8. The Labute approximate surface area is 401 Å². The Hall–Kier alpha value is -2.03. The van der Waals surface area contributed by atoms with E-state index in [1.54, 1.807) is 0 Å². The van der Waals surface area contributed by atoms with Crippen LogP contribution in [-0.4, -0.2) is 74.3 Å². The number of amides is 1. The zero-order chi connectivity index (χ0) is 48.0. The van der Waals surface area contributed by atoms with Crippen molar-refractivity contribution in [3.8, 4) is 0 Å². The van der Waals surface area contributed by atoms with Crippen LogP contribution in [0.4, 0.5) is 0 Å². The number of nitrogens with one attached hydrogen (secondary N) is 1. The van der Waals surface area contributed by atoms with Gasteiger partial charge in [0.05, 0.1) is 33.8 Å². The molecule has 9 nitrogen and oxygen atoms in total. The number of ether oxygens (including phenoxy) is 1. The number of unbranched alkanes of at least 4 members (excludes halogenated alkanes) is 28. The van der Waals surface area contributed by atoms with Crippen LogP contribution in [0.2, 0.25) is 0 Å². The lowest BCUT2D eigenvalue weighted by molar-refractivity contribution is -0.870.